The summed E-state index contributed by atoms with van der Waals surface area (Å²) in [7, 11) is 0. The second-order valence-electron chi connectivity index (χ2n) is 6.76. The van der Waals surface area contributed by atoms with Crippen molar-refractivity contribution < 1.29 is 4.79 Å². The fraction of sp³-hybridized carbons (Fsp3) is 0.0870. The van der Waals surface area contributed by atoms with E-state index in [1.807, 2.05) is 36.4 Å². The number of aryl methyl sites for hydroxylation is 1. The number of hydrogen-bond acceptors (Lipinski definition) is 4. The van der Waals surface area contributed by atoms with Crippen molar-refractivity contribution in [3.63, 3.8) is 0 Å². The van der Waals surface area contributed by atoms with Crippen LogP contribution in [-0.4, -0.2) is 16.0 Å². The number of nitrogens with zero attached hydrogens (tertiary/aromatic N) is 1. The van der Waals surface area contributed by atoms with Gasteiger partial charge in [0.05, 0.1) is 20.9 Å². The molecule has 1 aromatic heterocycles. The van der Waals surface area contributed by atoms with Crippen molar-refractivity contribution in [2.24, 2.45) is 0 Å². The van der Waals surface area contributed by atoms with Gasteiger partial charge >= 0.3 is 0 Å². The van der Waals surface area contributed by atoms with E-state index in [2.05, 4.69) is 22.5 Å². The van der Waals surface area contributed by atoms with Gasteiger partial charge in [-0.15, -0.1) is 11.3 Å². The minimum absolute atomic E-state index is 0.135. The number of carbonyl (C=O) groups excluding carboxylic acids is 1. The molecule has 0 saturated heterocycles. The maximum atomic E-state index is 12.6. The Hall–Kier alpha value is -2.51. The molecule has 4 nitrogen and oxygen atoms in total. The number of para-hydroxylation sites is 1. The molecule has 0 aliphatic rings. The third-order valence-corrected chi connectivity index (χ3v) is 6.46. The third kappa shape index (κ3) is 4.88. The number of thiazole rings is 1. The predicted octanol–water partition coefficient (Wildman–Crippen LogP) is 6.96. The van der Waals surface area contributed by atoms with Crippen LogP contribution in [0.5, 0.6) is 0 Å². The number of amides is 1. The lowest BCUT2D eigenvalue weighted by Crippen LogP contribution is -2.34. The van der Waals surface area contributed by atoms with Crippen LogP contribution in [0.1, 0.15) is 22.8 Å². The molecule has 0 fully saturated rings. The molecule has 0 aliphatic heterocycles. The molecule has 156 valence electrons. The van der Waals surface area contributed by atoms with Gasteiger partial charge in [0.15, 0.2) is 5.11 Å². The lowest BCUT2D eigenvalue weighted by atomic mass is 10.1. The molecule has 4 aromatic rings. The van der Waals surface area contributed by atoms with Crippen LogP contribution in [-0.2, 0) is 6.42 Å². The molecule has 0 radical (unpaired) electrons. The summed E-state index contributed by atoms with van der Waals surface area (Å²) in [4.78, 5) is 17.2. The van der Waals surface area contributed by atoms with Gasteiger partial charge in [-0.1, -0.05) is 54.4 Å². The summed E-state index contributed by atoms with van der Waals surface area (Å²) < 4.78 is 1.05. The Morgan fingerprint density at radius 3 is 2.55 bits per heavy atom. The lowest BCUT2D eigenvalue weighted by Gasteiger charge is -2.15. The van der Waals surface area contributed by atoms with E-state index in [4.69, 9.17) is 35.4 Å². The smallest absolute Gasteiger partial charge is 0.257 e. The number of thiocarbonyl (C=S) groups is 1. The van der Waals surface area contributed by atoms with Crippen LogP contribution in [0.2, 0.25) is 10.0 Å². The van der Waals surface area contributed by atoms with Crippen molar-refractivity contribution in [2.75, 3.05) is 5.32 Å². The first kappa shape index (κ1) is 21.7. The van der Waals surface area contributed by atoms with Gasteiger partial charge in [-0.2, -0.15) is 0 Å². The van der Waals surface area contributed by atoms with Crippen LogP contribution in [0, 0.1) is 0 Å². The maximum Gasteiger partial charge on any atom is 0.257 e. The SMILES string of the molecule is CCc1ccc(C(=O)NC(=S)Nc2c(Cl)cc(Cl)cc2-c2nc3ccccc3s2)cc1. The van der Waals surface area contributed by atoms with Gasteiger partial charge in [0, 0.05) is 16.1 Å². The first-order valence-electron chi connectivity index (χ1n) is 9.51. The summed E-state index contributed by atoms with van der Waals surface area (Å²) in [6.45, 7) is 2.06. The van der Waals surface area contributed by atoms with E-state index < -0.39 is 0 Å². The first-order chi connectivity index (χ1) is 14.9. The second-order valence-corrected chi connectivity index (χ2v) is 9.04. The molecular weight excluding hydrogens is 469 g/mol. The van der Waals surface area contributed by atoms with Gasteiger partial charge in [0.1, 0.15) is 5.01 Å². The lowest BCUT2D eigenvalue weighted by molar-refractivity contribution is 0.0977. The van der Waals surface area contributed by atoms with Crippen LogP contribution in [0.25, 0.3) is 20.8 Å². The van der Waals surface area contributed by atoms with E-state index >= 15 is 0 Å². The summed E-state index contributed by atoms with van der Waals surface area (Å²) in [6, 6.07) is 18.7. The highest BCUT2D eigenvalue weighted by Gasteiger charge is 2.17. The standard InChI is InChI=1S/C23H17Cl2N3OS2/c1-2-13-7-9-14(10-8-13)21(29)28-23(30)27-20-16(11-15(24)12-17(20)25)22-26-18-5-3-4-6-19(18)31-22/h3-12H,2H2,1H3,(H2,27,28,29,30). The molecule has 1 heterocycles. The minimum atomic E-state index is -0.299. The van der Waals surface area contributed by atoms with Crippen LogP contribution >= 0.6 is 46.8 Å². The number of nitrogens with one attached hydrogen (secondary N) is 2. The number of halogens is 2. The van der Waals surface area contributed by atoms with Gasteiger partial charge in [0.2, 0.25) is 0 Å². The van der Waals surface area contributed by atoms with Crippen molar-refractivity contribution in [3.8, 4) is 10.6 Å². The van der Waals surface area contributed by atoms with Gasteiger partial charge in [-0.25, -0.2) is 4.98 Å². The zero-order valence-corrected chi connectivity index (χ0v) is 19.6. The van der Waals surface area contributed by atoms with E-state index in [1.165, 1.54) is 11.3 Å². The fourth-order valence-electron chi connectivity index (χ4n) is 3.07. The quantitative estimate of drug-likeness (QED) is 0.306. The molecule has 1 amide bonds. The molecule has 31 heavy (non-hydrogen) atoms. The molecule has 0 saturated carbocycles. The van der Waals surface area contributed by atoms with Crippen molar-refractivity contribution in [1.29, 1.82) is 0 Å². The van der Waals surface area contributed by atoms with Crippen LogP contribution in [0.3, 0.4) is 0 Å². The van der Waals surface area contributed by atoms with Gasteiger partial charge < -0.3 is 5.32 Å². The van der Waals surface area contributed by atoms with Crippen LogP contribution < -0.4 is 10.6 Å². The van der Waals surface area contributed by atoms with Gasteiger partial charge in [-0.05, 0) is 60.6 Å². The largest absolute Gasteiger partial charge is 0.331 e. The summed E-state index contributed by atoms with van der Waals surface area (Å²) in [5.41, 5.74) is 3.82. The van der Waals surface area contributed by atoms with Crippen LogP contribution in [0.15, 0.2) is 60.7 Å². The highest BCUT2D eigenvalue weighted by Crippen LogP contribution is 2.40. The zero-order valence-electron chi connectivity index (χ0n) is 16.4. The Balaban J connectivity index is 1.60. The monoisotopic (exact) mass is 485 g/mol. The Morgan fingerprint density at radius 1 is 1.10 bits per heavy atom. The van der Waals surface area contributed by atoms with E-state index in [1.54, 1.807) is 24.3 Å². The number of anilines is 1. The highest BCUT2D eigenvalue weighted by molar-refractivity contribution is 7.80. The molecule has 0 spiro atoms. The molecule has 0 bridgehead atoms. The maximum absolute atomic E-state index is 12.6. The Bertz CT molecular complexity index is 1250. The van der Waals surface area contributed by atoms with Gasteiger partial charge in [0.25, 0.3) is 5.91 Å². The molecular formula is C23H17Cl2N3OS2. The van der Waals surface area contributed by atoms with E-state index in [0.29, 0.717) is 26.9 Å². The number of aromatic nitrogens is 1. The third-order valence-electron chi connectivity index (χ3n) is 4.67. The summed E-state index contributed by atoms with van der Waals surface area (Å²) in [5, 5.41) is 7.50. The Morgan fingerprint density at radius 2 is 1.84 bits per heavy atom. The molecule has 2 N–H and O–H groups in total. The molecule has 0 aliphatic carbocycles. The number of rotatable bonds is 4. The van der Waals surface area contributed by atoms with Crippen LogP contribution in [0.4, 0.5) is 5.69 Å². The fourth-order valence-corrected chi connectivity index (χ4v) is 4.79. The number of fused-ring (bicyclic) bond motifs is 1. The van der Waals surface area contributed by atoms with E-state index in [9.17, 15) is 4.79 Å². The normalized spacial score (nSPS) is 10.8. The Labute approximate surface area is 199 Å². The summed E-state index contributed by atoms with van der Waals surface area (Å²) in [5.74, 6) is -0.299. The topological polar surface area (TPSA) is 54.0 Å². The first-order valence-corrected chi connectivity index (χ1v) is 11.5. The average Bonchev–Trinajstić information content (AvgIpc) is 3.19. The minimum Gasteiger partial charge on any atom is -0.331 e. The van der Waals surface area contributed by atoms with Crippen molar-refractivity contribution in [2.45, 2.75) is 13.3 Å². The van der Waals surface area contributed by atoms with E-state index in [0.717, 1.165) is 27.2 Å². The van der Waals surface area contributed by atoms with E-state index in [-0.39, 0.29) is 11.0 Å². The average molecular weight is 486 g/mol. The molecule has 0 atom stereocenters. The summed E-state index contributed by atoms with van der Waals surface area (Å²) >= 11 is 19.6. The molecule has 8 heteroatoms. The van der Waals surface area contributed by atoms with Crippen molar-refractivity contribution in [1.82, 2.24) is 10.3 Å². The zero-order chi connectivity index (χ0) is 22.0. The number of hydrogen-bond donors (Lipinski definition) is 2. The van der Waals surface area contributed by atoms with Crippen molar-refractivity contribution in [3.05, 3.63) is 81.8 Å². The molecule has 0 unspecified atom stereocenters. The highest BCUT2D eigenvalue weighted by atomic mass is 35.5. The number of benzene rings is 3. The molecule has 4 rings (SSSR count). The predicted molar refractivity (Wildman–Crippen MR) is 135 cm³/mol. The van der Waals surface area contributed by atoms with Crippen molar-refractivity contribution >= 4 is 73.7 Å². The Kier molecular flexibility index (Phi) is 6.53. The van der Waals surface area contributed by atoms with Gasteiger partial charge in [-0.3, -0.25) is 10.1 Å². The molecule has 3 aromatic carbocycles. The summed E-state index contributed by atoms with van der Waals surface area (Å²) in [6.07, 6.45) is 0.908. The second kappa shape index (κ2) is 9.32. The number of carbonyl (C=O) groups is 1.